The van der Waals surface area contributed by atoms with Crippen molar-refractivity contribution in [3.8, 4) is 0 Å². The zero-order valence-corrected chi connectivity index (χ0v) is 9.93. The molecule has 0 aliphatic carbocycles. The summed E-state index contributed by atoms with van der Waals surface area (Å²) in [6, 6.07) is -0.353. The van der Waals surface area contributed by atoms with Crippen LogP contribution >= 0.6 is 0 Å². The largest absolute Gasteiger partial charge is 0.478 e. The van der Waals surface area contributed by atoms with Gasteiger partial charge in [-0.1, -0.05) is 19.8 Å². The van der Waals surface area contributed by atoms with Crippen LogP contribution in [0, 0.1) is 0 Å². The number of aliphatic carboxylic acids is 2. The van der Waals surface area contributed by atoms with Gasteiger partial charge in [-0.25, -0.2) is 9.59 Å². The smallest absolute Gasteiger partial charge is 0.333 e. The van der Waals surface area contributed by atoms with E-state index in [1.807, 2.05) is 6.92 Å². The average molecular weight is 229 g/mol. The third-order valence-electron chi connectivity index (χ3n) is 2.34. The first kappa shape index (κ1) is 14.6. The molecule has 0 fully saturated rings. The highest BCUT2D eigenvalue weighted by molar-refractivity contribution is 5.95. The van der Waals surface area contributed by atoms with Crippen LogP contribution in [0.3, 0.4) is 0 Å². The number of carboxylic acid groups (broad SMARTS) is 2. The molecule has 0 radical (unpaired) electrons. The number of carboxylic acids is 2. The highest BCUT2D eigenvalue weighted by Crippen LogP contribution is 2.15. The molecule has 0 aliphatic heterocycles. The highest BCUT2D eigenvalue weighted by atomic mass is 16.4. The van der Waals surface area contributed by atoms with Crippen LogP contribution in [0.15, 0.2) is 11.6 Å². The van der Waals surface area contributed by atoms with E-state index in [9.17, 15) is 9.59 Å². The Bertz CT molecular complexity index is 284. The van der Waals surface area contributed by atoms with E-state index in [1.54, 1.807) is 19.0 Å². The van der Waals surface area contributed by atoms with Crippen LogP contribution in [0.2, 0.25) is 0 Å². The Labute approximate surface area is 95.4 Å². The van der Waals surface area contributed by atoms with Crippen molar-refractivity contribution in [1.82, 2.24) is 4.90 Å². The molecule has 16 heavy (non-hydrogen) atoms. The van der Waals surface area contributed by atoms with Gasteiger partial charge >= 0.3 is 11.9 Å². The van der Waals surface area contributed by atoms with E-state index in [2.05, 4.69) is 0 Å². The minimum absolute atomic E-state index is 0.0639. The second-order valence-corrected chi connectivity index (χ2v) is 3.86. The lowest BCUT2D eigenvalue weighted by Gasteiger charge is -2.24. The van der Waals surface area contributed by atoms with E-state index >= 15 is 0 Å². The molecule has 0 saturated carbocycles. The molecule has 5 nitrogen and oxygen atoms in total. The molecule has 0 bridgehead atoms. The van der Waals surface area contributed by atoms with Crippen molar-refractivity contribution in [2.45, 2.75) is 32.2 Å². The summed E-state index contributed by atoms with van der Waals surface area (Å²) in [7, 11) is 3.50. The predicted octanol–water partition coefficient (Wildman–Crippen LogP) is 1.20. The van der Waals surface area contributed by atoms with Crippen LogP contribution in [-0.2, 0) is 9.59 Å². The van der Waals surface area contributed by atoms with Gasteiger partial charge in [0.15, 0.2) is 0 Å². The number of nitrogens with zero attached hydrogens (tertiary/aromatic N) is 1. The lowest BCUT2D eigenvalue weighted by Crippen LogP contribution is -2.33. The molecule has 0 amide bonds. The standard InChI is InChI=1S/C11H19NO4/c1-4-5-6-9(12(2)3)8(11(15)16)7-10(13)14/h7,9H,4-6H2,1-3H3,(H,13,14)(H,15,16)/b8-7-. The van der Waals surface area contributed by atoms with Crippen LogP contribution in [0.1, 0.15) is 26.2 Å². The first-order chi connectivity index (χ1) is 7.40. The van der Waals surface area contributed by atoms with E-state index in [0.29, 0.717) is 6.42 Å². The predicted molar refractivity (Wildman–Crippen MR) is 60.4 cm³/mol. The van der Waals surface area contributed by atoms with Crippen molar-refractivity contribution in [2.75, 3.05) is 14.1 Å². The third-order valence-corrected chi connectivity index (χ3v) is 2.34. The monoisotopic (exact) mass is 229 g/mol. The van der Waals surface area contributed by atoms with E-state index in [1.165, 1.54) is 0 Å². The second kappa shape index (κ2) is 7.00. The molecule has 2 N–H and O–H groups in total. The molecular weight excluding hydrogens is 210 g/mol. The Balaban J connectivity index is 4.95. The molecule has 0 aliphatic rings. The maximum Gasteiger partial charge on any atom is 0.333 e. The van der Waals surface area contributed by atoms with Gasteiger partial charge in [0.05, 0.1) is 5.57 Å². The fourth-order valence-corrected chi connectivity index (χ4v) is 1.52. The third kappa shape index (κ3) is 4.93. The Morgan fingerprint density at radius 3 is 2.19 bits per heavy atom. The van der Waals surface area contributed by atoms with Gasteiger partial charge in [-0.3, -0.25) is 0 Å². The molecule has 0 saturated heterocycles. The van der Waals surface area contributed by atoms with Gasteiger partial charge in [0.25, 0.3) is 0 Å². The summed E-state index contributed by atoms with van der Waals surface area (Å²) < 4.78 is 0. The number of hydrogen-bond acceptors (Lipinski definition) is 3. The molecule has 92 valence electrons. The summed E-state index contributed by atoms with van der Waals surface area (Å²) in [6.07, 6.45) is 3.25. The average Bonchev–Trinajstić information content (AvgIpc) is 2.15. The van der Waals surface area contributed by atoms with E-state index < -0.39 is 11.9 Å². The summed E-state index contributed by atoms with van der Waals surface area (Å²) in [6.45, 7) is 2.01. The molecule has 0 spiro atoms. The number of rotatable bonds is 7. The number of hydrogen-bond donors (Lipinski definition) is 2. The SMILES string of the molecule is CCCCC(/C(=C/C(=O)O)C(=O)O)N(C)C. The lowest BCUT2D eigenvalue weighted by molar-refractivity contribution is -0.135. The summed E-state index contributed by atoms with van der Waals surface area (Å²) in [5, 5.41) is 17.6. The highest BCUT2D eigenvalue weighted by Gasteiger charge is 2.22. The van der Waals surface area contributed by atoms with Gasteiger partial charge in [0, 0.05) is 12.1 Å². The minimum Gasteiger partial charge on any atom is -0.478 e. The molecule has 0 heterocycles. The number of unbranched alkanes of at least 4 members (excludes halogenated alkanes) is 1. The van der Waals surface area contributed by atoms with Crippen LogP contribution in [-0.4, -0.2) is 47.2 Å². The molecule has 0 rings (SSSR count). The Morgan fingerprint density at radius 1 is 1.31 bits per heavy atom. The van der Waals surface area contributed by atoms with Crippen LogP contribution in [0.4, 0.5) is 0 Å². The number of likely N-dealkylation sites (N-methyl/N-ethyl adjacent to an activating group) is 1. The summed E-state index contributed by atoms with van der Waals surface area (Å²) in [4.78, 5) is 23.3. The fraction of sp³-hybridized carbons (Fsp3) is 0.636. The minimum atomic E-state index is -1.22. The van der Waals surface area contributed by atoms with Crippen molar-refractivity contribution < 1.29 is 19.8 Å². The van der Waals surface area contributed by atoms with Crippen LogP contribution in [0.25, 0.3) is 0 Å². The Hall–Kier alpha value is -1.36. The van der Waals surface area contributed by atoms with Crippen molar-refractivity contribution in [3.05, 3.63) is 11.6 Å². The molecule has 0 aromatic heterocycles. The first-order valence-corrected chi connectivity index (χ1v) is 5.24. The first-order valence-electron chi connectivity index (χ1n) is 5.24. The molecule has 1 unspecified atom stereocenters. The Morgan fingerprint density at radius 2 is 1.88 bits per heavy atom. The Kier molecular flexibility index (Phi) is 6.41. The van der Waals surface area contributed by atoms with Crippen LogP contribution < -0.4 is 0 Å². The van der Waals surface area contributed by atoms with E-state index in [-0.39, 0.29) is 11.6 Å². The van der Waals surface area contributed by atoms with Crippen molar-refractivity contribution in [2.24, 2.45) is 0 Å². The van der Waals surface area contributed by atoms with E-state index in [4.69, 9.17) is 10.2 Å². The molecule has 0 aromatic rings. The second-order valence-electron chi connectivity index (χ2n) is 3.86. The lowest BCUT2D eigenvalue weighted by atomic mass is 10.00. The van der Waals surface area contributed by atoms with Crippen LogP contribution in [0.5, 0.6) is 0 Å². The van der Waals surface area contributed by atoms with Crippen molar-refractivity contribution >= 4 is 11.9 Å². The van der Waals surface area contributed by atoms with Gasteiger partial charge < -0.3 is 15.1 Å². The summed E-state index contributed by atoms with van der Waals surface area (Å²) in [5.41, 5.74) is -0.0639. The summed E-state index contributed by atoms with van der Waals surface area (Å²) in [5.74, 6) is -2.39. The van der Waals surface area contributed by atoms with E-state index in [0.717, 1.165) is 18.9 Å². The molecule has 1 atom stereocenters. The summed E-state index contributed by atoms with van der Waals surface area (Å²) >= 11 is 0. The molecule has 5 heteroatoms. The van der Waals surface area contributed by atoms with Crippen molar-refractivity contribution in [1.29, 1.82) is 0 Å². The van der Waals surface area contributed by atoms with Gasteiger partial charge in [-0.2, -0.15) is 0 Å². The van der Waals surface area contributed by atoms with Gasteiger partial charge in [0.2, 0.25) is 0 Å². The normalized spacial score (nSPS) is 13.9. The van der Waals surface area contributed by atoms with Gasteiger partial charge in [-0.15, -0.1) is 0 Å². The maximum absolute atomic E-state index is 11.0. The van der Waals surface area contributed by atoms with Gasteiger partial charge in [0.1, 0.15) is 0 Å². The van der Waals surface area contributed by atoms with Crippen molar-refractivity contribution in [3.63, 3.8) is 0 Å². The topological polar surface area (TPSA) is 77.8 Å². The molecule has 0 aromatic carbocycles. The number of carbonyl (C=O) groups is 2. The fourth-order valence-electron chi connectivity index (χ4n) is 1.52. The molecular formula is C11H19NO4. The zero-order valence-electron chi connectivity index (χ0n) is 9.93. The zero-order chi connectivity index (χ0) is 12.7. The van der Waals surface area contributed by atoms with Gasteiger partial charge in [-0.05, 0) is 20.5 Å². The maximum atomic E-state index is 11.0. The quantitative estimate of drug-likeness (QED) is 0.641.